The van der Waals surface area contributed by atoms with Crippen molar-refractivity contribution in [3.05, 3.63) is 29.8 Å². The van der Waals surface area contributed by atoms with E-state index in [0.717, 1.165) is 12.2 Å². The number of likely N-dealkylation sites (N-methyl/N-ethyl adjacent to an activating group) is 1. The predicted molar refractivity (Wildman–Crippen MR) is 59.3 cm³/mol. The molecule has 1 aromatic rings. The van der Waals surface area contributed by atoms with E-state index in [2.05, 4.69) is 29.4 Å². The molecule has 0 bridgehead atoms. The lowest BCUT2D eigenvalue weighted by Crippen LogP contribution is -2.19. The van der Waals surface area contributed by atoms with E-state index in [-0.39, 0.29) is 0 Å². The molecule has 1 N–H and O–H groups in total. The van der Waals surface area contributed by atoms with Crippen LogP contribution < -0.4 is 5.48 Å². The van der Waals surface area contributed by atoms with E-state index in [9.17, 15) is 0 Å². The summed E-state index contributed by atoms with van der Waals surface area (Å²) in [5, 5.41) is 0. The fourth-order valence-electron chi connectivity index (χ4n) is 0.984. The van der Waals surface area contributed by atoms with Crippen molar-refractivity contribution in [2.45, 2.75) is 6.92 Å². The van der Waals surface area contributed by atoms with Gasteiger partial charge in [0.2, 0.25) is 0 Å². The highest BCUT2D eigenvalue weighted by Crippen LogP contribution is 2.07. The molecule has 14 heavy (non-hydrogen) atoms. The molecule has 1 rings (SSSR count). The third kappa shape index (κ3) is 4.25. The van der Waals surface area contributed by atoms with Crippen LogP contribution in [0.2, 0.25) is 0 Å². The largest absolute Gasteiger partial charge is 0.307 e. The van der Waals surface area contributed by atoms with Crippen LogP contribution in [0.15, 0.2) is 24.3 Å². The van der Waals surface area contributed by atoms with Crippen LogP contribution in [0.3, 0.4) is 0 Å². The van der Waals surface area contributed by atoms with Crippen molar-refractivity contribution in [1.29, 1.82) is 0 Å². The topological polar surface area (TPSA) is 24.5 Å². The smallest absolute Gasteiger partial charge is 0.0872 e. The molecule has 0 aromatic heterocycles. The summed E-state index contributed by atoms with van der Waals surface area (Å²) in [6.45, 7) is 3.66. The van der Waals surface area contributed by atoms with Crippen LogP contribution in [0.1, 0.15) is 5.56 Å². The maximum atomic E-state index is 5.28. The van der Waals surface area contributed by atoms with Crippen LogP contribution in [-0.2, 0) is 4.84 Å². The van der Waals surface area contributed by atoms with Crippen molar-refractivity contribution in [2.75, 3.05) is 32.7 Å². The first-order valence-corrected chi connectivity index (χ1v) is 4.77. The number of hydrogen-bond acceptors (Lipinski definition) is 3. The summed E-state index contributed by atoms with van der Waals surface area (Å²) >= 11 is 0. The zero-order valence-corrected chi connectivity index (χ0v) is 9.08. The third-order valence-electron chi connectivity index (χ3n) is 1.88. The minimum atomic E-state index is 0.681. The molecule has 0 aliphatic carbocycles. The van der Waals surface area contributed by atoms with E-state index in [4.69, 9.17) is 4.84 Å². The lowest BCUT2D eigenvalue weighted by atomic mass is 10.2. The molecule has 3 nitrogen and oxygen atoms in total. The van der Waals surface area contributed by atoms with E-state index in [1.165, 1.54) is 5.56 Å². The first-order chi connectivity index (χ1) is 6.68. The maximum absolute atomic E-state index is 5.28. The number of rotatable bonds is 5. The second kappa shape index (κ2) is 5.62. The Morgan fingerprint density at radius 1 is 1.21 bits per heavy atom. The Morgan fingerprint density at radius 2 is 1.86 bits per heavy atom. The molecule has 1 aromatic carbocycles. The molecule has 0 saturated heterocycles. The van der Waals surface area contributed by atoms with Crippen LogP contribution in [-0.4, -0.2) is 32.1 Å². The molecule has 0 amide bonds. The van der Waals surface area contributed by atoms with E-state index < -0.39 is 0 Å². The molecule has 0 aliphatic heterocycles. The molecule has 0 fully saturated rings. The summed E-state index contributed by atoms with van der Waals surface area (Å²) in [7, 11) is 4.05. The Balaban J connectivity index is 2.21. The number of aryl methyl sites for hydroxylation is 1. The molecular formula is C11H18N2O. The Kier molecular flexibility index (Phi) is 4.43. The Morgan fingerprint density at radius 3 is 2.43 bits per heavy atom. The Bertz CT molecular complexity index is 256. The van der Waals surface area contributed by atoms with Gasteiger partial charge in [-0.2, -0.15) is 0 Å². The van der Waals surface area contributed by atoms with E-state index in [0.29, 0.717) is 6.61 Å². The van der Waals surface area contributed by atoms with Crippen molar-refractivity contribution in [2.24, 2.45) is 0 Å². The van der Waals surface area contributed by atoms with Gasteiger partial charge in [-0.1, -0.05) is 17.7 Å². The summed E-state index contributed by atoms with van der Waals surface area (Å²) in [4.78, 5) is 7.36. The zero-order valence-electron chi connectivity index (χ0n) is 9.08. The summed E-state index contributed by atoms with van der Waals surface area (Å²) in [6.07, 6.45) is 0. The van der Waals surface area contributed by atoms with Crippen molar-refractivity contribution < 1.29 is 4.84 Å². The molecule has 0 radical (unpaired) electrons. The van der Waals surface area contributed by atoms with Crippen molar-refractivity contribution in [1.82, 2.24) is 4.90 Å². The molecule has 0 atom stereocenters. The standard InChI is InChI=1S/C11H18N2O/c1-10-4-6-11(7-5-10)12-14-9-8-13(2)3/h4-7,12H,8-9H2,1-3H3. The van der Waals surface area contributed by atoms with Crippen LogP contribution >= 0.6 is 0 Å². The second-order valence-electron chi connectivity index (χ2n) is 3.62. The van der Waals surface area contributed by atoms with Crippen molar-refractivity contribution in [3.8, 4) is 0 Å². The van der Waals surface area contributed by atoms with Crippen LogP contribution in [0, 0.1) is 6.92 Å². The fourth-order valence-corrected chi connectivity index (χ4v) is 0.984. The van der Waals surface area contributed by atoms with Gasteiger partial charge in [0, 0.05) is 6.54 Å². The molecule has 0 spiro atoms. The molecule has 78 valence electrons. The molecule has 0 unspecified atom stereocenters. The monoisotopic (exact) mass is 194 g/mol. The van der Waals surface area contributed by atoms with Crippen molar-refractivity contribution in [3.63, 3.8) is 0 Å². The van der Waals surface area contributed by atoms with Crippen LogP contribution in [0.5, 0.6) is 0 Å². The first-order valence-electron chi connectivity index (χ1n) is 4.77. The number of nitrogens with zero attached hydrogens (tertiary/aromatic N) is 1. The number of hydrogen-bond donors (Lipinski definition) is 1. The van der Waals surface area contributed by atoms with Gasteiger partial charge in [0.1, 0.15) is 0 Å². The summed E-state index contributed by atoms with van der Waals surface area (Å²) < 4.78 is 0. The zero-order chi connectivity index (χ0) is 10.4. The minimum Gasteiger partial charge on any atom is -0.307 e. The van der Waals surface area contributed by atoms with Gasteiger partial charge in [-0.25, -0.2) is 0 Å². The molecule has 0 aliphatic rings. The van der Waals surface area contributed by atoms with Gasteiger partial charge in [-0.15, -0.1) is 0 Å². The maximum Gasteiger partial charge on any atom is 0.0872 e. The van der Waals surface area contributed by atoms with E-state index in [1.54, 1.807) is 0 Å². The van der Waals surface area contributed by atoms with Gasteiger partial charge in [0.05, 0.1) is 12.3 Å². The highest BCUT2D eigenvalue weighted by atomic mass is 16.6. The van der Waals surface area contributed by atoms with Gasteiger partial charge >= 0.3 is 0 Å². The first kappa shape index (κ1) is 11.0. The predicted octanol–water partition coefficient (Wildman–Crippen LogP) is 1.90. The number of anilines is 1. The molecular weight excluding hydrogens is 176 g/mol. The van der Waals surface area contributed by atoms with Gasteiger partial charge < -0.3 is 4.90 Å². The second-order valence-corrected chi connectivity index (χ2v) is 3.62. The molecule has 0 heterocycles. The Hall–Kier alpha value is -1.06. The summed E-state index contributed by atoms with van der Waals surface area (Å²) in [5.41, 5.74) is 5.15. The lowest BCUT2D eigenvalue weighted by Gasteiger charge is -2.10. The summed E-state index contributed by atoms with van der Waals surface area (Å²) in [6, 6.07) is 8.12. The molecule has 0 saturated carbocycles. The third-order valence-corrected chi connectivity index (χ3v) is 1.88. The SMILES string of the molecule is Cc1ccc(NOCCN(C)C)cc1. The average Bonchev–Trinajstić information content (AvgIpc) is 2.15. The van der Waals surface area contributed by atoms with Gasteiger partial charge in [0.15, 0.2) is 0 Å². The number of nitrogens with one attached hydrogen (secondary N) is 1. The average molecular weight is 194 g/mol. The highest BCUT2D eigenvalue weighted by molar-refractivity contribution is 5.42. The quantitative estimate of drug-likeness (QED) is 0.572. The van der Waals surface area contributed by atoms with E-state index >= 15 is 0 Å². The number of benzene rings is 1. The minimum absolute atomic E-state index is 0.681. The highest BCUT2D eigenvalue weighted by Gasteiger charge is 1.92. The fraction of sp³-hybridized carbons (Fsp3) is 0.455. The normalized spacial score (nSPS) is 10.6. The van der Waals surface area contributed by atoms with Gasteiger partial charge in [0.25, 0.3) is 0 Å². The lowest BCUT2D eigenvalue weighted by molar-refractivity contribution is 0.168. The van der Waals surface area contributed by atoms with Crippen LogP contribution in [0.25, 0.3) is 0 Å². The van der Waals surface area contributed by atoms with Gasteiger partial charge in [-0.05, 0) is 33.2 Å². The van der Waals surface area contributed by atoms with Crippen molar-refractivity contribution >= 4 is 5.69 Å². The molecule has 3 heteroatoms. The van der Waals surface area contributed by atoms with Crippen LogP contribution in [0.4, 0.5) is 5.69 Å². The van der Waals surface area contributed by atoms with Gasteiger partial charge in [-0.3, -0.25) is 10.3 Å². The van der Waals surface area contributed by atoms with E-state index in [1.807, 2.05) is 26.2 Å². The Labute approximate surface area is 85.6 Å². The summed E-state index contributed by atoms with van der Waals surface area (Å²) in [5.74, 6) is 0.